The van der Waals surface area contributed by atoms with Gasteiger partial charge in [0.15, 0.2) is 0 Å². The van der Waals surface area contributed by atoms with E-state index < -0.39 is 0 Å². The summed E-state index contributed by atoms with van der Waals surface area (Å²) in [7, 11) is 0. The van der Waals surface area contributed by atoms with Crippen LogP contribution in [0, 0.1) is 0 Å². The average Bonchev–Trinajstić information content (AvgIpc) is 3.29. The summed E-state index contributed by atoms with van der Waals surface area (Å²) in [5.41, 5.74) is 3.04. The van der Waals surface area contributed by atoms with Crippen LogP contribution in [-0.2, 0) is 16.0 Å². The third kappa shape index (κ3) is 2.56. The summed E-state index contributed by atoms with van der Waals surface area (Å²) in [6, 6.07) is 6.38. The molecule has 1 saturated heterocycles. The van der Waals surface area contributed by atoms with E-state index in [9.17, 15) is 9.59 Å². The van der Waals surface area contributed by atoms with Crippen molar-refractivity contribution in [1.29, 1.82) is 0 Å². The Morgan fingerprint density at radius 2 is 2.00 bits per heavy atom. The molecule has 22 heavy (non-hydrogen) atoms. The van der Waals surface area contributed by atoms with E-state index in [4.69, 9.17) is 0 Å². The van der Waals surface area contributed by atoms with Gasteiger partial charge >= 0.3 is 0 Å². The zero-order valence-corrected chi connectivity index (χ0v) is 12.6. The van der Waals surface area contributed by atoms with Crippen LogP contribution in [-0.4, -0.2) is 35.3 Å². The van der Waals surface area contributed by atoms with Crippen molar-refractivity contribution in [3.63, 3.8) is 0 Å². The molecule has 1 unspecified atom stereocenters. The Morgan fingerprint density at radius 1 is 1.14 bits per heavy atom. The number of hydrogen-bond donors (Lipinski definition) is 2. The molecule has 4 rings (SSSR count). The first-order valence-corrected chi connectivity index (χ1v) is 8.20. The second-order valence-electron chi connectivity index (χ2n) is 6.52. The first-order chi connectivity index (χ1) is 10.7. The molecule has 1 aromatic rings. The molecule has 116 valence electrons. The van der Waals surface area contributed by atoms with Crippen LogP contribution in [0.2, 0.25) is 0 Å². The highest BCUT2D eigenvalue weighted by molar-refractivity contribution is 5.93. The number of rotatable bonds is 3. The van der Waals surface area contributed by atoms with E-state index in [0.717, 1.165) is 55.6 Å². The largest absolute Gasteiger partial charge is 0.374 e. The maximum Gasteiger partial charge on any atom is 0.245 e. The van der Waals surface area contributed by atoms with E-state index in [1.165, 1.54) is 0 Å². The number of anilines is 2. The molecule has 0 aromatic heterocycles. The van der Waals surface area contributed by atoms with E-state index in [0.29, 0.717) is 12.5 Å². The van der Waals surface area contributed by atoms with Crippen molar-refractivity contribution in [3.05, 3.63) is 23.8 Å². The lowest BCUT2D eigenvalue weighted by molar-refractivity contribution is -0.128. The quantitative estimate of drug-likeness (QED) is 0.899. The normalized spacial score (nSPS) is 24.7. The van der Waals surface area contributed by atoms with Crippen molar-refractivity contribution in [3.8, 4) is 0 Å². The van der Waals surface area contributed by atoms with Crippen molar-refractivity contribution in [2.24, 2.45) is 0 Å². The van der Waals surface area contributed by atoms with Gasteiger partial charge in [0.2, 0.25) is 11.8 Å². The van der Waals surface area contributed by atoms with Crippen molar-refractivity contribution >= 4 is 23.2 Å². The number of hydrogen-bond acceptors (Lipinski definition) is 3. The van der Waals surface area contributed by atoms with Gasteiger partial charge < -0.3 is 15.5 Å². The Hall–Kier alpha value is -2.04. The molecule has 0 radical (unpaired) electrons. The Balaban J connectivity index is 1.48. The summed E-state index contributed by atoms with van der Waals surface area (Å²) in [6.07, 6.45) is 5.56. The Kier molecular flexibility index (Phi) is 3.28. The number of amides is 2. The Labute approximate surface area is 130 Å². The molecular weight excluding hydrogens is 278 g/mol. The monoisotopic (exact) mass is 299 g/mol. The van der Waals surface area contributed by atoms with Gasteiger partial charge in [0.05, 0.1) is 0 Å². The van der Waals surface area contributed by atoms with Gasteiger partial charge in [-0.15, -0.1) is 0 Å². The first-order valence-electron chi connectivity index (χ1n) is 8.20. The summed E-state index contributed by atoms with van der Waals surface area (Å²) in [5, 5.41) is 6.32. The molecular formula is C17H21N3O2. The number of likely N-dealkylation sites (tertiary alicyclic amines) is 1. The summed E-state index contributed by atoms with van der Waals surface area (Å²) < 4.78 is 0. The second kappa shape index (κ2) is 5.30. The summed E-state index contributed by atoms with van der Waals surface area (Å²) >= 11 is 0. The van der Waals surface area contributed by atoms with Gasteiger partial charge in [0, 0.05) is 30.4 Å². The van der Waals surface area contributed by atoms with E-state index in [-0.39, 0.29) is 17.9 Å². The minimum absolute atomic E-state index is 0.0884. The molecule has 1 atom stereocenters. The smallest absolute Gasteiger partial charge is 0.245 e. The number of carbonyl (C=O) groups excluding carboxylic acids is 2. The summed E-state index contributed by atoms with van der Waals surface area (Å²) in [4.78, 5) is 26.0. The lowest BCUT2D eigenvalue weighted by Crippen LogP contribution is -2.34. The maximum absolute atomic E-state index is 12.4. The topological polar surface area (TPSA) is 61.4 Å². The highest BCUT2D eigenvalue weighted by Crippen LogP contribution is 2.32. The molecule has 2 amide bonds. The zero-order chi connectivity index (χ0) is 15.1. The third-order valence-electron chi connectivity index (χ3n) is 4.80. The predicted molar refractivity (Wildman–Crippen MR) is 84.8 cm³/mol. The molecule has 1 aliphatic carbocycles. The van der Waals surface area contributed by atoms with Crippen LogP contribution in [0.15, 0.2) is 18.2 Å². The van der Waals surface area contributed by atoms with Gasteiger partial charge in [0.25, 0.3) is 0 Å². The van der Waals surface area contributed by atoms with Gasteiger partial charge in [-0.3, -0.25) is 9.59 Å². The van der Waals surface area contributed by atoms with E-state index in [2.05, 4.69) is 16.7 Å². The fourth-order valence-electron chi connectivity index (χ4n) is 3.45. The molecule has 2 N–H and O–H groups in total. The molecule has 0 bridgehead atoms. The fraction of sp³-hybridized carbons (Fsp3) is 0.529. The van der Waals surface area contributed by atoms with Crippen LogP contribution < -0.4 is 10.6 Å². The van der Waals surface area contributed by atoms with Crippen LogP contribution in [0.3, 0.4) is 0 Å². The molecule has 2 fully saturated rings. The van der Waals surface area contributed by atoms with Crippen LogP contribution in [0.4, 0.5) is 11.4 Å². The zero-order valence-electron chi connectivity index (χ0n) is 12.6. The second-order valence-corrected chi connectivity index (χ2v) is 6.52. The van der Waals surface area contributed by atoms with E-state index in [1.54, 1.807) is 0 Å². The minimum Gasteiger partial charge on any atom is -0.374 e. The number of aryl methyl sites for hydroxylation is 1. The van der Waals surface area contributed by atoms with Crippen molar-refractivity contribution < 1.29 is 9.59 Å². The maximum atomic E-state index is 12.4. The van der Waals surface area contributed by atoms with Crippen LogP contribution in [0.1, 0.15) is 37.7 Å². The van der Waals surface area contributed by atoms with Gasteiger partial charge in [-0.25, -0.2) is 0 Å². The Morgan fingerprint density at radius 3 is 2.82 bits per heavy atom. The van der Waals surface area contributed by atoms with Crippen molar-refractivity contribution in [2.75, 3.05) is 17.2 Å². The minimum atomic E-state index is -0.0981. The highest BCUT2D eigenvalue weighted by atomic mass is 16.2. The predicted octanol–water partition coefficient (Wildman–Crippen LogP) is 2.14. The molecule has 1 aromatic carbocycles. The first kappa shape index (κ1) is 13.6. The van der Waals surface area contributed by atoms with Crippen LogP contribution >= 0.6 is 0 Å². The van der Waals surface area contributed by atoms with Gasteiger partial charge in [0.1, 0.15) is 6.04 Å². The number of carbonyl (C=O) groups is 2. The lowest BCUT2D eigenvalue weighted by atomic mass is 10.1. The van der Waals surface area contributed by atoms with E-state index >= 15 is 0 Å². The van der Waals surface area contributed by atoms with Gasteiger partial charge in [-0.2, -0.15) is 0 Å². The van der Waals surface area contributed by atoms with Crippen molar-refractivity contribution in [2.45, 2.75) is 50.6 Å². The molecule has 2 heterocycles. The molecule has 2 aliphatic heterocycles. The van der Waals surface area contributed by atoms with Crippen molar-refractivity contribution in [1.82, 2.24) is 4.90 Å². The van der Waals surface area contributed by atoms with Gasteiger partial charge in [-0.05, 0) is 55.9 Å². The molecule has 0 spiro atoms. The fourth-order valence-corrected chi connectivity index (χ4v) is 3.45. The molecule has 5 nitrogen and oxygen atoms in total. The lowest BCUT2D eigenvalue weighted by Gasteiger charge is -2.17. The SMILES string of the molecule is O=C1CCCc2cc(NC3CCN(C4CC4)C3=O)ccc2N1. The number of benzene rings is 1. The molecule has 3 aliphatic rings. The third-order valence-corrected chi connectivity index (χ3v) is 4.80. The molecule has 1 saturated carbocycles. The van der Waals surface area contributed by atoms with Crippen LogP contribution in [0.25, 0.3) is 0 Å². The number of fused-ring (bicyclic) bond motifs is 1. The Bertz CT molecular complexity index is 624. The van der Waals surface area contributed by atoms with Gasteiger partial charge in [-0.1, -0.05) is 0 Å². The standard InChI is InChI=1S/C17H21N3O2/c21-16-3-1-2-11-10-12(4-7-14(11)19-16)18-15-8-9-20(17(15)22)13-5-6-13/h4,7,10,13,15,18H,1-3,5-6,8-9H2,(H,19,21). The highest BCUT2D eigenvalue weighted by Gasteiger charge is 2.40. The number of nitrogens with one attached hydrogen (secondary N) is 2. The summed E-state index contributed by atoms with van der Waals surface area (Å²) in [6.45, 7) is 0.877. The summed E-state index contributed by atoms with van der Waals surface area (Å²) in [5.74, 6) is 0.330. The average molecular weight is 299 g/mol. The molecule has 5 heteroatoms. The van der Waals surface area contributed by atoms with Crippen LogP contribution in [0.5, 0.6) is 0 Å². The van der Waals surface area contributed by atoms with E-state index in [1.807, 2.05) is 17.0 Å². The number of nitrogens with zero attached hydrogens (tertiary/aromatic N) is 1.